The molecule has 3 aliphatic rings. The van der Waals surface area contributed by atoms with Crippen molar-refractivity contribution in [1.29, 1.82) is 0 Å². The highest BCUT2D eigenvalue weighted by Gasteiger charge is 2.66. The van der Waals surface area contributed by atoms with Crippen molar-refractivity contribution < 1.29 is 24.2 Å². The number of fused-ring (bicyclic) bond motifs is 3. The molecule has 3 fully saturated rings. The molecule has 1 aliphatic heterocycles. The second-order valence-electron chi connectivity index (χ2n) is 8.99. The second kappa shape index (κ2) is 5.34. The predicted molar refractivity (Wildman–Crippen MR) is 90.5 cm³/mol. The molecule has 2 heterocycles. The van der Waals surface area contributed by atoms with E-state index in [0.29, 0.717) is 12.8 Å². The molecule has 5 heteroatoms. The van der Waals surface area contributed by atoms with Gasteiger partial charge in [-0.15, -0.1) is 0 Å². The second-order valence-corrected chi connectivity index (χ2v) is 8.99. The Balaban J connectivity index is 1.74. The standard InChI is InChI=1S/C20H28O5/c1-18-10-14(12-7-9-24-11-12)25-17(22)13(18)6-8-19(2)15(18)4-5-16(21)20(19,3)23/h7,9,11,13-16,21,23H,4-6,8,10H2,1-3H3/t13-,14+,15+,16+,18+,19-,20-/m1/s1. The Bertz CT molecular complexity index is 666. The topological polar surface area (TPSA) is 79.9 Å². The fourth-order valence-corrected chi connectivity index (χ4v) is 6.14. The Kier molecular flexibility index (Phi) is 3.65. The molecule has 4 rings (SSSR count). The van der Waals surface area contributed by atoms with E-state index in [-0.39, 0.29) is 29.3 Å². The summed E-state index contributed by atoms with van der Waals surface area (Å²) in [6, 6.07) is 1.85. The normalized spacial score (nSPS) is 49.9. The molecule has 0 unspecified atom stereocenters. The molecule has 1 saturated heterocycles. The van der Waals surface area contributed by atoms with Crippen LogP contribution in [0, 0.1) is 22.7 Å². The van der Waals surface area contributed by atoms with Crippen LogP contribution in [-0.4, -0.2) is 27.9 Å². The Labute approximate surface area is 148 Å². The number of hydrogen-bond acceptors (Lipinski definition) is 5. The van der Waals surface area contributed by atoms with Gasteiger partial charge in [-0.2, -0.15) is 0 Å². The Morgan fingerprint density at radius 2 is 1.96 bits per heavy atom. The summed E-state index contributed by atoms with van der Waals surface area (Å²) in [6.07, 6.45) is 5.79. The van der Waals surface area contributed by atoms with E-state index in [4.69, 9.17) is 9.15 Å². The van der Waals surface area contributed by atoms with Crippen LogP contribution in [0.4, 0.5) is 0 Å². The van der Waals surface area contributed by atoms with Gasteiger partial charge < -0.3 is 19.4 Å². The molecule has 0 radical (unpaired) electrons. The van der Waals surface area contributed by atoms with Crippen molar-refractivity contribution in [2.45, 2.75) is 70.7 Å². The highest BCUT2D eigenvalue weighted by atomic mass is 16.5. The number of aliphatic hydroxyl groups is 2. The van der Waals surface area contributed by atoms with Gasteiger partial charge in [-0.25, -0.2) is 0 Å². The van der Waals surface area contributed by atoms with Gasteiger partial charge in [-0.1, -0.05) is 13.8 Å². The summed E-state index contributed by atoms with van der Waals surface area (Å²) >= 11 is 0. The zero-order valence-electron chi connectivity index (χ0n) is 15.2. The summed E-state index contributed by atoms with van der Waals surface area (Å²) in [7, 11) is 0. The zero-order valence-corrected chi connectivity index (χ0v) is 15.2. The van der Waals surface area contributed by atoms with Gasteiger partial charge in [0.2, 0.25) is 0 Å². The molecule has 2 N–H and O–H groups in total. The van der Waals surface area contributed by atoms with Gasteiger partial charge in [-0.3, -0.25) is 4.79 Å². The van der Waals surface area contributed by atoms with E-state index in [1.54, 1.807) is 19.5 Å². The number of hydrogen-bond donors (Lipinski definition) is 2. The van der Waals surface area contributed by atoms with Crippen LogP contribution < -0.4 is 0 Å². The number of furan rings is 1. The van der Waals surface area contributed by atoms with E-state index in [1.807, 2.05) is 6.07 Å². The number of esters is 1. The third kappa shape index (κ3) is 2.18. The maximum absolute atomic E-state index is 12.8. The number of carbonyl (C=O) groups excluding carboxylic acids is 1. The molecule has 0 aromatic carbocycles. The van der Waals surface area contributed by atoms with Gasteiger partial charge in [0, 0.05) is 11.0 Å². The van der Waals surface area contributed by atoms with Crippen LogP contribution in [0.5, 0.6) is 0 Å². The van der Waals surface area contributed by atoms with E-state index in [1.165, 1.54) is 0 Å². The summed E-state index contributed by atoms with van der Waals surface area (Å²) in [6.45, 7) is 6.04. The van der Waals surface area contributed by atoms with Crippen LogP contribution in [0.2, 0.25) is 0 Å². The first kappa shape index (κ1) is 17.1. The predicted octanol–water partition coefficient (Wildman–Crippen LogP) is 3.21. The molecule has 0 spiro atoms. The molecular weight excluding hydrogens is 320 g/mol. The van der Waals surface area contributed by atoms with E-state index in [2.05, 4.69) is 13.8 Å². The molecule has 25 heavy (non-hydrogen) atoms. The fourth-order valence-electron chi connectivity index (χ4n) is 6.14. The molecule has 2 saturated carbocycles. The summed E-state index contributed by atoms with van der Waals surface area (Å²) in [5.41, 5.74) is -0.915. The summed E-state index contributed by atoms with van der Waals surface area (Å²) < 4.78 is 10.9. The van der Waals surface area contributed by atoms with Crippen LogP contribution >= 0.6 is 0 Å². The van der Waals surface area contributed by atoms with Crippen LogP contribution in [0.1, 0.15) is 64.5 Å². The molecule has 0 bridgehead atoms. The summed E-state index contributed by atoms with van der Waals surface area (Å²) in [4.78, 5) is 12.8. The van der Waals surface area contributed by atoms with Gasteiger partial charge in [0.25, 0.3) is 0 Å². The average Bonchev–Trinajstić information content (AvgIpc) is 3.06. The fraction of sp³-hybridized carbons (Fsp3) is 0.750. The highest BCUT2D eigenvalue weighted by molar-refractivity contribution is 5.75. The van der Waals surface area contributed by atoms with Crippen molar-refractivity contribution in [2.75, 3.05) is 0 Å². The molecule has 0 amide bonds. The first-order chi connectivity index (χ1) is 11.7. The van der Waals surface area contributed by atoms with Crippen molar-refractivity contribution in [3.05, 3.63) is 24.2 Å². The minimum Gasteiger partial charge on any atom is -0.472 e. The van der Waals surface area contributed by atoms with Crippen LogP contribution in [-0.2, 0) is 9.53 Å². The minimum atomic E-state index is -1.14. The monoisotopic (exact) mass is 348 g/mol. The minimum absolute atomic E-state index is 0.132. The maximum Gasteiger partial charge on any atom is 0.310 e. The largest absolute Gasteiger partial charge is 0.472 e. The highest BCUT2D eigenvalue weighted by Crippen LogP contribution is 2.66. The first-order valence-electron chi connectivity index (χ1n) is 9.33. The quantitative estimate of drug-likeness (QED) is 0.762. The lowest BCUT2D eigenvalue weighted by Crippen LogP contribution is -2.66. The molecule has 2 aliphatic carbocycles. The summed E-state index contributed by atoms with van der Waals surface area (Å²) in [5.74, 6) is -0.105. The lowest BCUT2D eigenvalue weighted by molar-refractivity contribution is -0.251. The smallest absolute Gasteiger partial charge is 0.310 e. The van der Waals surface area contributed by atoms with Gasteiger partial charge in [-0.05, 0) is 56.4 Å². The molecule has 1 aromatic rings. The third-order valence-corrected chi connectivity index (χ3v) is 7.93. The summed E-state index contributed by atoms with van der Waals surface area (Å²) in [5, 5.41) is 21.6. The van der Waals surface area contributed by atoms with Crippen molar-refractivity contribution >= 4 is 5.97 Å². The lowest BCUT2D eigenvalue weighted by atomic mass is 9.42. The lowest BCUT2D eigenvalue weighted by Gasteiger charge is -2.64. The number of ether oxygens (including phenoxy) is 1. The SMILES string of the molecule is C[C@]12C[C@@H](c3ccoc3)OC(=O)[C@H]1CC[C@]1(C)[C@H]2CC[C@H](O)[C@@]1(C)O. The molecule has 7 atom stereocenters. The first-order valence-corrected chi connectivity index (χ1v) is 9.33. The van der Waals surface area contributed by atoms with E-state index in [0.717, 1.165) is 24.8 Å². The number of aliphatic hydroxyl groups excluding tert-OH is 1. The van der Waals surface area contributed by atoms with Gasteiger partial charge >= 0.3 is 5.97 Å². The van der Waals surface area contributed by atoms with Crippen LogP contribution in [0.25, 0.3) is 0 Å². The Morgan fingerprint density at radius 1 is 1.20 bits per heavy atom. The van der Waals surface area contributed by atoms with E-state index in [9.17, 15) is 15.0 Å². The van der Waals surface area contributed by atoms with Crippen molar-refractivity contribution in [1.82, 2.24) is 0 Å². The van der Waals surface area contributed by atoms with Crippen molar-refractivity contribution in [3.63, 3.8) is 0 Å². The number of cyclic esters (lactones) is 1. The third-order valence-electron chi connectivity index (χ3n) is 7.93. The molecule has 1 aromatic heterocycles. The van der Waals surface area contributed by atoms with Crippen LogP contribution in [0.3, 0.4) is 0 Å². The Morgan fingerprint density at radius 3 is 2.64 bits per heavy atom. The van der Waals surface area contributed by atoms with E-state index >= 15 is 0 Å². The molecular formula is C20H28O5. The van der Waals surface area contributed by atoms with Crippen LogP contribution in [0.15, 0.2) is 23.0 Å². The van der Waals surface area contributed by atoms with Gasteiger partial charge in [0.15, 0.2) is 0 Å². The zero-order chi connectivity index (χ0) is 18.0. The van der Waals surface area contributed by atoms with Crippen molar-refractivity contribution in [3.8, 4) is 0 Å². The van der Waals surface area contributed by atoms with E-state index < -0.39 is 17.1 Å². The number of carbonyl (C=O) groups is 1. The Hall–Kier alpha value is -1.33. The maximum atomic E-state index is 12.8. The van der Waals surface area contributed by atoms with Gasteiger partial charge in [0.1, 0.15) is 6.10 Å². The van der Waals surface area contributed by atoms with Crippen molar-refractivity contribution in [2.24, 2.45) is 22.7 Å². The molecule has 5 nitrogen and oxygen atoms in total. The molecule has 138 valence electrons. The average molecular weight is 348 g/mol. The number of rotatable bonds is 1. The van der Waals surface area contributed by atoms with Gasteiger partial charge in [0.05, 0.1) is 30.1 Å².